The Bertz CT molecular complexity index is 1030. The zero-order chi connectivity index (χ0) is 22.9. The monoisotopic (exact) mass is 448 g/mol. The van der Waals surface area contributed by atoms with Crippen molar-refractivity contribution in [2.24, 2.45) is 11.8 Å². The van der Waals surface area contributed by atoms with Crippen LogP contribution in [0, 0.1) is 11.8 Å². The molecule has 1 heterocycles. The first kappa shape index (κ1) is 21.5. The Morgan fingerprint density at radius 3 is 2.15 bits per heavy atom. The van der Waals surface area contributed by atoms with E-state index in [0.29, 0.717) is 13.0 Å². The first-order chi connectivity index (χ1) is 16.0. The Labute approximate surface area is 192 Å². The van der Waals surface area contributed by atoms with Crippen LogP contribution in [-0.4, -0.2) is 53.7 Å². The Morgan fingerprint density at radius 1 is 1.00 bits per heavy atom. The maximum atomic E-state index is 13.0. The molecule has 172 valence electrons. The molecule has 2 aromatic carbocycles. The third kappa shape index (κ3) is 3.96. The molecule has 2 fully saturated rings. The quantitative estimate of drug-likeness (QED) is 0.674. The lowest BCUT2D eigenvalue weighted by atomic mass is 9.74. The van der Waals surface area contributed by atoms with E-state index in [1.807, 2.05) is 24.3 Å². The van der Waals surface area contributed by atoms with Crippen molar-refractivity contribution in [1.82, 2.24) is 10.2 Å². The maximum absolute atomic E-state index is 13.0. The van der Waals surface area contributed by atoms with Gasteiger partial charge in [-0.1, -0.05) is 55.0 Å². The van der Waals surface area contributed by atoms with Crippen molar-refractivity contribution in [2.45, 2.75) is 37.6 Å². The molecule has 2 N–H and O–H groups in total. The summed E-state index contributed by atoms with van der Waals surface area (Å²) in [4.78, 5) is 38.3. The Kier molecular flexibility index (Phi) is 5.79. The molecule has 2 atom stereocenters. The molecule has 1 saturated carbocycles. The number of nitrogens with zero attached hydrogens (tertiary/aromatic N) is 1. The van der Waals surface area contributed by atoms with Gasteiger partial charge < -0.3 is 20.1 Å². The van der Waals surface area contributed by atoms with E-state index in [-0.39, 0.29) is 30.9 Å². The molecule has 2 unspecified atom stereocenters. The van der Waals surface area contributed by atoms with Gasteiger partial charge in [0.05, 0.1) is 5.92 Å². The van der Waals surface area contributed by atoms with E-state index in [9.17, 15) is 19.5 Å². The molecule has 7 nitrogen and oxygen atoms in total. The van der Waals surface area contributed by atoms with Crippen molar-refractivity contribution in [3.8, 4) is 11.1 Å². The summed E-state index contributed by atoms with van der Waals surface area (Å²) in [6.45, 7) is 0.849. The van der Waals surface area contributed by atoms with Crippen molar-refractivity contribution in [3.05, 3.63) is 59.7 Å². The second-order valence-corrected chi connectivity index (χ2v) is 9.18. The van der Waals surface area contributed by atoms with E-state index >= 15 is 0 Å². The zero-order valence-corrected chi connectivity index (χ0v) is 18.4. The summed E-state index contributed by atoms with van der Waals surface area (Å²) in [7, 11) is 0. The number of alkyl carbamates (subject to hydrolysis) is 1. The molecular weight excluding hydrogens is 420 g/mol. The van der Waals surface area contributed by atoms with E-state index in [4.69, 9.17) is 4.74 Å². The number of hydrogen-bond acceptors (Lipinski definition) is 4. The summed E-state index contributed by atoms with van der Waals surface area (Å²) < 4.78 is 5.59. The number of carboxylic acid groups (broad SMARTS) is 1. The number of rotatable bonds is 7. The second-order valence-electron chi connectivity index (χ2n) is 9.18. The van der Waals surface area contributed by atoms with Crippen LogP contribution in [0.5, 0.6) is 0 Å². The molecule has 0 bridgehead atoms. The fourth-order valence-electron chi connectivity index (χ4n) is 5.26. The van der Waals surface area contributed by atoms with Crippen LogP contribution in [0.25, 0.3) is 11.1 Å². The van der Waals surface area contributed by atoms with Crippen LogP contribution >= 0.6 is 0 Å². The molecule has 2 aromatic rings. The fraction of sp³-hybridized carbons (Fsp3) is 0.423. The summed E-state index contributed by atoms with van der Waals surface area (Å²) in [6, 6.07) is 15.6. The number of likely N-dealkylation sites (tertiary alicyclic amines) is 1. The molecule has 0 radical (unpaired) electrons. The SMILES string of the molecule is O=C(NCC(C(=O)N1CCC1C(=O)O)C1CCC1)OCC1c2ccccc2-c2ccccc21. The zero-order valence-electron chi connectivity index (χ0n) is 18.4. The van der Waals surface area contributed by atoms with Crippen molar-refractivity contribution in [2.75, 3.05) is 19.7 Å². The van der Waals surface area contributed by atoms with E-state index in [1.54, 1.807) is 0 Å². The van der Waals surface area contributed by atoms with Crippen LogP contribution in [0.15, 0.2) is 48.5 Å². The Balaban J connectivity index is 1.20. The van der Waals surface area contributed by atoms with Gasteiger partial charge in [0.25, 0.3) is 0 Å². The molecule has 2 amide bonds. The summed E-state index contributed by atoms with van der Waals surface area (Å²) >= 11 is 0. The lowest BCUT2D eigenvalue weighted by Gasteiger charge is -2.43. The minimum atomic E-state index is -0.966. The summed E-state index contributed by atoms with van der Waals surface area (Å²) in [5.74, 6) is -1.38. The Hall–Kier alpha value is -3.35. The van der Waals surface area contributed by atoms with Gasteiger partial charge in [0.2, 0.25) is 5.91 Å². The van der Waals surface area contributed by atoms with E-state index < -0.39 is 24.0 Å². The predicted molar refractivity (Wildman–Crippen MR) is 122 cm³/mol. The number of aliphatic carboxylic acids is 1. The topological polar surface area (TPSA) is 95.9 Å². The van der Waals surface area contributed by atoms with Crippen molar-refractivity contribution in [3.63, 3.8) is 0 Å². The van der Waals surface area contributed by atoms with Crippen molar-refractivity contribution >= 4 is 18.0 Å². The van der Waals surface area contributed by atoms with E-state index in [2.05, 4.69) is 29.6 Å². The van der Waals surface area contributed by atoms with Crippen LogP contribution in [0.2, 0.25) is 0 Å². The highest BCUT2D eigenvalue weighted by Gasteiger charge is 2.43. The number of carboxylic acids is 1. The average Bonchev–Trinajstić information content (AvgIpc) is 3.06. The van der Waals surface area contributed by atoms with Gasteiger partial charge in [0.1, 0.15) is 12.6 Å². The standard InChI is InChI=1S/C26H28N2O5/c29-24(28-13-12-23(28)25(30)31)21(16-6-5-7-16)14-27-26(32)33-15-22-19-10-3-1-8-17(19)18-9-2-4-11-20(18)22/h1-4,8-11,16,21-23H,5-7,12-15H2,(H,27,32)(H,30,31). The average molecular weight is 449 g/mol. The first-order valence-electron chi connectivity index (χ1n) is 11.7. The maximum Gasteiger partial charge on any atom is 0.407 e. The molecule has 5 rings (SSSR count). The third-order valence-electron chi connectivity index (χ3n) is 7.43. The summed E-state index contributed by atoms with van der Waals surface area (Å²) in [5.41, 5.74) is 4.62. The van der Waals surface area contributed by atoms with E-state index in [0.717, 1.165) is 30.4 Å². The number of amides is 2. The third-order valence-corrected chi connectivity index (χ3v) is 7.43. The number of ether oxygens (including phenoxy) is 1. The summed E-state index contributed by atoms with van der Waals surface area (Å²) in [5, 5.41) is 12.1. The van der Waals surface area contributed by atoms with Crippen LogP contribution in [0.3, 0.4) is 0 Å². The van der Waals surface area contributed by atoms with Crippen molar-refractivity contribution in [1.29, 1.82) is 0 Å². The van der Waals surface area contributed by atoms with Crippen LogP contribution in [0.1, 0.15) is 42.7 Å². The molecule has 2 aliphatic carbocycles. The lowest BCUT2D eigenvalue weighted by molar-refractivity contribution is -0.160. The van der Waals surface area contributed by atoms with E-state index in [1.165, 1.54) is 16.0 Å². The van der Waals surface area contributed by atoms with Gasteiger partial charge in [-0.25, -0.2) is 9.59 Å². The highest BCUT2D eigenvalue weighted by atomic mass is 16.5. The molecule has 0 aromatic heterocycles. The minimum absolute atomic E-state index is 0.0235. The van der Waals surface area contributed by atoms with Gasteiger partial charge >= 0.3 is 12.1 Å². The number of benzene rings is 2. The Morgan fingerprint density at radius 2 is 1.64 bits per heavy atom. The largest absolute Gasteiger partial charge is 0.480 e. The number of hydrogen-bond donors (Lipinski definition) is 2. The molecular formula is C26H28N2O5. The number of fused-ring (bicyclic) bond motifs is 3. The van der Waals surface area contributed by atoms with Gasteiger partial charge in [-0.15, -0.1) is 0 Å². The van der Waals surface area contributed by atoms with Crippen LogP contribution in [0.4, 0.5) is 4.79 Å². The lowest BCUT2D eigenvalue weighted by Crippen LogP contribution is -2.59. The molecule has 1 aliphatic heterocycles. The van der Waals surface area contributed by atoms with Crippen LogP contribution < -0.4 is 5.32 Å². The summed E-state index contributed by atoms with van der Waals surface area (Å²) in [6.07, 6.45) is 2.84. The smallest absolute Gasteiger partial charge is 0.407 e. The van der Waals surface area contributed by atoms with Gasteiger partial charge in [0.15, 0.2) is 0 Å². The highest BCUT2D eigenvalue weighted by Crippen LogP contribution is 2.44. The highest BCUT2D eigenvalue weighted by molar-refractivity contribution is 5.87. The molecule has 0 spiro atoms. The fourth-order valence-corrected chi connectivity index (χ4v) is 5.26. The molecule has 33 heavy (non-hydrogen) atoms. The molecule has 7 heteroatoms. The van der Waals surface area contributed by atoms with Crippen molar-refractivity contribution < 1.29 is 24.2 Å². The number of nitrogens with one attached hydrogen (secondary N) is 1. The first-order valence-corrected chi connectivity index (χ1v) is 11.7. The normalized spacial score (nSPS) is 20.1. The minimum Gasteiger partial charge on any atom is -0.480 e. The number of carbonyl (C=O) groups excluding carboxylic acids is 2. The van der Waals surface area contributed by atoms with Gasteiger partial charge in [-0.2, -0.15) is 0 Å². The molecule has 3 aliphatic rings. The van der Waals surface area contributed by atoms with Gasteiger partial charge in [-0.3, -0.25) is 4.79 Å². The molecule has 1 saturated heterocycles. The van der Waals surface area contributed by atoms with Gasteiger partial charge in [0, 0.05) is 19.0 Å². The number of carbonyl (C=O) groups is 3. The van der Waals surface area contributed by atoms with Gasteiger partial charge in [-0.05, 0) is 47.4 Å². The predicted octanol–water partition coefficient (Wildman–Crippen LogP) is 3.63. The van der Waals surface area contributed by atoms with Crippen LogP contribution in [-0.2, 0) is 14.3 Å². The second kappa shape index (κ2) is 8.89.